The second-order valence-electron chi connectivity index (χ2n) is 12.1. The van der Waals surface area contributed by atoms with Crippen LogP contribution in [0.2, 0.25) is 10.3 Å². The van der Waals surface area contributed by atoms with Crippen molar-refractivity contribution in [2.45, 2.75) is 12.7 Å². The summed E-state index contributed by atoms with van der Waals surface area (Å²) in [5.41, 5.74) is 3.35. The average Bonchev–Trinajstić information content (AvgIpc) is 3.19. The Kier molecular flexibility index (Phi) is 15.6. The molecule has 0 amide bonds. The number of rotatable bonds is 9. The van der Waals surface area contributed by atoms with E-state index < -0.39 is 31.5 Å². The monoisotopic (exact) mass is 906 g/mol. The van der Waals surface area contributed by atoms with Crippen molar-refractivity contribution in [3.8, 4) is 34.0 Å². The van der Waals surface area contributed by atoms with Crippen LogP contribution in [0.25, 0.3) is 22.5 Å². The van der Waals surface area contributed by atoms with Crippen molar-refractivity contribution >= 4 is 59.1 Å². The van der Waals surface area contributed by atoms with Gasteiger partial charge in [-0.25, -0.2) is 33.1 Å². The van der Waals surface area contributed by atoms with Crippen molar-refractivity contribution in [2.24, 2.45) is 0 Å². The first-order valence-electron chi connectivity index (χ1n) is 17.3. The maximum atomic E-state index is 13.3. The smallest absolute Gasteiger partial charge is 0.423 e. The van der Waals surface area contributed by atoms with Gasteiger partial charge in [-0.05, 0) is 121 Å². The van der Waals surface area contributed by atoms with E-state index in [2.05, 4.69) is 40.0 Å². The van der Waals surface area contributed by atoms with Crippen molar-refractivity contribution in [2.75, 3.05) is 10.6 Å². The number of anilines is 4. The second kappa shape index (κ2) is 20.8. The molecule has 0 aliphatic rings. The molecule has 4 N–H and O–H groups in total. The predicted molar refractivity (Wildman–Crippen MR) is 214 cm³/mol. The summed E-state index contributed by atoms with van der Waals surface area (Å²) in [6.45, 7) is 0. The van der Waals surface area contributed by atoms with Gasteiger partial charge in [0.2, 0.25) is 11.9 Å². The number of halogens is 11. The molecule has 0 bridgehead atoms. The number of nitrogens with one attached hydrogen (secondary N) is 2. The number of ether oxygens (including phenoxy) is 2. The third kappa shape index (κ3) is 15.5. The molecule has 0 unspecified atom stereocenters. The molecule has 0 aliphatic carbocycles. The zero-order chi connectivity index (χ0) is 45.0. The normalized spacial score (nSPS) is 11.0. The van der Waals surface area contributed by atoms with Gasteiger partial charge in [0.25, 0.3) is 0 Å². The number of alkyl halides is 6. The predicted octanol–water partition coefficient (Wildman–Crippen LogP) is 10.7. The summed E-state index contributed by atoms with van der Waals surface area (Å²) >= 11 is 11.4. The number of hydrogen-bond donors (Lipinski definition) is 4. The minimum Gasteiger partial charge on any atom is -0.423 e. The fourth-order valence-electron chi connectivity index (χ4n) is 4.86. The number of aromatic nitrogens is 4. The first-order valence-corrected chi connectivity index (χ1v) is 18.0. The lowest BCUT2D eigenvalue weighted by Gasteiger charge is -2.12. The maximum Gasteiger partial charge on any atom is 0.573 e. The van der Waals surface area contributed by atoms with Gasteiger partial charge in [-0.3, -0.25) is 0 Å². The van der Waals surface area contributed by atoms with Crippen LogP contribution in [0.5, 0.6) is 11.5 Å². The van der Waals surface area contributed by atoms with Crippen LogP contribution in [0.3, 0.4) is 0 Å². The molecule has 10 nitrogen and oxygen atoms in total. The molecular weight excluding hydrogens is 881 g/mol. The van der Waals surface area contributed by atoms with E-state index >= 15 is 0 Å². The van der Waals surface area contributed by atoms with E-state index in [4.69, 9.17) is 33.2 Å². The van der Waals surface area contributed by atoms with Crippen LogP contribution >= 0.6 is 23.2 Å². The summed E-state index contributed by atoms with van der Waals surface area (Å²) in [5, 5.41) is 23.1. The van der Waals surface area contributed by atoms with Crippen LogP contribution in [0, 0.1) is 17.5 Å². The van der Waals surface area contributed by atoms with E-state index in [0.29, 0.717) is 39.4 Å². The summed E-state index contributed by atoms with van der Waals surface area (Å²) in [6, 6.07) is 29.5. The molecule has 22 heteroatoms. The molecule has 5 aromatic carbocycles. The zero-order valence-electron chi connectivity index (χ0n) is 30.9. The molecule has 0 fully saturated rings. The summed E-state index contributed by atoms with van der Waals surface area (Å²) in [6.07, 6.45) is -9.51. The van der Waals surface area contributed by atoms with Crippen LogP contribution in [-0.4, -0.2) is 49.8 Å². The molecule has 7 rings (SSSR count). The molecule has 0 atom stereocenters. The number of benzene rings is 5. The largest absolute Gasteiger partial charge is 0.573 e. The standard InChI is InChI=1S/C23H14F5N3O.C11H6Cl2F3N3O.C6H6BFO2/c24-16-5-1-14(2-6-16)20-13-21(15-3-7-17(25)8-4-15)31-22(30-20)29-18-9-11-19(12-10-18)32-23(26,27)28;12-8-5-9(13)19-10(18-8)17-6-1-3-7(4-2-6)20-11(14,15)16;8-6-3-1-5(2-4-6)7(9)10/h1-13H,(H,29,30,31);1-5H,(H,17,18,19);1-4,9-10H. The lowest BCUT2D eigenvalue weighted by atomic mass is 9.80. The van der Waals surface area contributed by atoms with Crippen molar-refractivity contribution in [3.05, 3.63) is 161 Å². The van der Waals surface area contributed by atoms with Gasteiger partial charge in [0, 0.05) is 28.6 Å². The van der Waals surface area contributed by atoms with Gasteiger partial charge in [-0.2, -0.15) is 0 Å². The van der Waals surface area contributed by atoms with E-state index in [9.17, 15) is 39.5 Å². The minimum atomic E-state index is -4.79. The van der Waals surface area contributed by atoms with E-state index in [1.54, 1.807) is 30.3 Å². The van der Waals surface area contributed by atoms with Gasteiger partial charge in [-0.15, -0.1) is 26.3 Å². The van der Waals surface area contributed by atoms with Gasteiger partial charge in [0.15, 0.2) is 0 Å². The van der Waals surface area contributed by atoms with E-state index in [1.165, 1.54) is 78.9 Å². The highest BCUT2D eigenvalue weighted by Crippen LogP contribution is 2.29. The molecule has 0 saturated carbocycles. The van der Waals surface area contributed by atoms with Crippen LogP contribution in [0.15, 0.2) is 133 Å². The molecule has 0 saturated heterocycles. The lowest BCUT2D eigenvalue weighted by Crippen LogP contribution is -2.29. The first-order chi connectivity index (χ1) is 29.3. The SMILES string of the molecule is FC(F)(F)Oc1ccc(Nc2nc(Cl)cc(Cl)n2)cc1.Fc1ccc(-c2cc(-c3ccc(F)cc3)nc(Nc3ccc(OC(F)(F)F)cc3)n2)cc1.OB(O)c1ccc(F)cc1. The fraction of sp³-hybridized carbons (Fsp3) is 0.0500. The van der Waals surface area contributed by atoms with Gasteiger partial charge >= 0.3 is 19.8 Å². The molecule has 0 radical (unpaired) electrons. The Labute approximate surface area is 355 Å². The Morgan fingerprint density at radius 1 is 0.468 bits per heavy atom. The molecule has 320 valence electrons. The minimum absolute atomic E-state index is 0.131. The van der Waals surface area contributed by atoms with Gasteiger partial charge in [0.1, 0.15) is 39.3 Å². The van der Waals surface area contributed by atoms with Crippen molar-refractivity contribution in [1.29, 1.82) is 0 Å². The quantitative estimate of drug-likeness (QED) is 0.0630. The highest BCUT2D eigenvalue weighted by atomic mass is 35.5. The van der Waals surface area contributed by atoms with E-state index in [1.807, 2.05) is 0 Å². The molecule has 62 heavy (non-hydrogen) atoms. The highest BCUT2D eigenvalue weighted by Gasteiger charge is 2.31. The van der Waals surface area contributed by atoms with E-state index in [0.717, 1.165) is 24.3 Å². The van der Waals surface area contributed by atoms with Crippen LogP contribution in [0.1, 0.15) is 0 Å². The van der Waals surface area contributed by atoms with Crippen molar-refractivity contribution < 1.29 is 59.0 Å². The summed E-state index contributed by atoms with van der Waals surface area (Å²) < 4.78 is 119. The number of hydrogen-bond acceptors (Lipinski definition) is 10. The fourth-order valence-corrected chi connectivity index (χ4v) is 5.28. The van der Waals surface area contributed by atoms with Gasteiger partial charge < -0.3 is 30.2 Å². The maximum absolute atomic E-state index is 13.3. The molecule has 2 heterocycles. The number of nitrogens with zero attached hydrogens (tertiary/aromatic N) is 4. The second-order valence-corrected chi connectivity index (χ2v) is 12.9. The Morgan fingerprint density at radius 2 is 0.806 bits per heavy atom. The third-order valence-electron chi connectivity index (χ3n) is 7.53. The molecule has 2 aromatic heterocycles. The van der Waals surface area contributed by atoms with Crippen LogP contribution in [-0.2, 0) is 0 Å². The first kappa shape index (κ1) is 46.5. The highest BCUT2D eigenvalue weighted by molar-refractivity contribution is 6.58. The van der Waals surface area contributed by atoms with Crippen molar-refractivity contribution in [1.82, 2.24) is 19.9 Å². The van der Waals surface area contributed by atoms with Crippen molar-refractivity contribution in [3.63, 3.8) is 0 Å². The van der Waals surface area contributed by atoms with Gasteiger partial charge in [0.05, 0.1) is 11.4 Å². The Hall–Kier alpha value is -6.61. The third-order valence-corrected chi connectivity index (χ3v) is 7.91. The Bertz CT molecular complexity index is 2440. The zero-order valence-corrected chi connectivity index (χ0v) is 32.4. The molecule has 7 aromatic rings. The Balaban J connectivity index is 0.000000204. The molecular formula is C40H26BCl2F9N6O4. The van der Waals surface area contributed by atoms with E-state index in [-0.39, 0.29) is 39.5 Å². The Morgan fingerprint density at radius 3 is 1.15 bits per heavy atom. The van der Waals surface area contributed by atoms with Crippen LogP contribution in [0.4, 0.5) is 62.8 Å². The summed E-state index contributed by atoms with van der Waals surface area (Å²) in [4.78, 5) is 16.6. The summed E-state index contributed by atoms with van der Waals surface area (Å²) in [7, 11) is -1.51. The molecule has 0 spiro atoms. The topological polar surface area (TPSA) is 135 Å². The average molecular weight is 907 g/mol. The molecule has 0 aliphatic heterocycles. The lowest BCUT2D eigenvalue weighted by molar-refractivity contribution is -0.275. The van der Waals surface area contributed by atoms with Gasteiger partial charge in [-0.1, -0.05) is 35.3 Å². The summed E-state index contributed by atoms with van der Waals surface area (Å²) in [5.74, 6) is -1.60. The van der Waals surface area contributed by atoms with Crippen LogP contribution < -0.4 is 25.6 Å².